The standard InChI is InChI=1S/C20H26ClN5.HI/c1-15-6-3-4-7-16(15)9-12-24-20(22-2)25-17-10-13-26(14-17)19-18(21)8-5-11-23-19;/h3-8,11,17H,9-10,12-14H2,1-2H3,(H2,22,24,25);1H. The van der Waals surface area contributed by atoms with E-state index in [0.29, 0.717) is 11.1 Å². The van der Waals surface area contributed by atoms with E-state index in [-0.39, 0.29) is 24.0 Å². The monoisotopic (exact) mass is 499 g/mol. The van der Waals surface area contributed by atoms with Crippen LogP contribution in [0.15, 0.2) is 47.6 Å². The minimum atomic E-state index is 0. The Morgan fingerprint density at radius 2 is 2.11 bits per heavy atom. The van der Waals surface area contributed by atoms with Crippen molar-refractivity contribution >= 4 is 47.4 Å². The molecule has 7 heteroatoms. The summed E-state index contributed by atoms with van der Waals surface area (Å²) in [5, 5.41) is 7.63. The van der Waals surface area contributed by atoms with Crippen molar-refractivity contribution in [2.24, 2.45) is 4.99 Å². The number of nitrogens with zero attached hydrogens (tertiary/aromatic N) is 3. The van der Waals surface area contributed by atoms with Crippen LogP contribution in [0, 0.1) is 6.92 Å². The van der Waals surface area contributed by atoms with Gasteiger partial charge in [-0.3, -0.25) is 4.99 Å². The number of guanidine groups is 1. The Balaban J connectivity index is 0.00000261. The number of hydrogen-bond donors (Lipinski definition) is 2. The molecule has 0 saturated carbocycles. The van der Waals surface area contributed by atoms with Gasteiger partial charge in [-0.1, -0.05) is 35.9 Å². The topological polar surface area (TPSA) is 52.6 Å². The highest BCUT2D eigenvalue weighted by atomic mass is 127. The number of hydrogen-bond acceptors (Lipinski definition) is 3. The quantitative estimate of drug-likeness (QED) is 0.375. The highest BCUT2D eigenvalue weighted by Gasteiger charge is 2.25. The predicted octanol–water partition coefficient (Wildman–Crippen LogP) is 3.65. The minimum Gasteiger partial charge on any atom is -0.356 e. The summed E-state index contributed by atoms with van der Waals surface area (Å²) < 4.78 is 0. The number of anilines is 1. The second kappa shape index (κ2) is 10.7. The molecule has 1 aliphatic heterocycles. The number of aliphatic imine (C=N–C) groups is 1. The number of nitrogens with one attached hydrogen (secondary N) is 2. The molecule has 146 valence electrons. The van der Waals surface area contributed by atoms with Crippen LogP contribution in [0.25, 0.3) is 0 Å². The van der Waals surface area contributed by atoms with Gasteiger partial charge in [0.25, 0.3) is 0 Å². The molecule has 27 heavy (non-hydrogen) atoms. The van der Waals surface area contributed by atoms with E-state index in [1.807, 2.05) is 19.2 Å². The molecule has 0 bridgehead atoms. The van der Waals surface area contributed by atoms with E-state index in [4.69, 9.17) is 11.6 Å². The van der Waals surface area contributed by atoms with Gasteiger partial charge in [0.15, 0.2) is 5.96 Å². The zero-order valence-corrected chi connectivity index (χ0v) is 18.9. The zero-order valence-electron chi connectivity index (χ0n) is 15.8. The summed E-state index contributed by atoms with van der Waals surface area (Å²) in [4.78, 5) is 11.0. The SMILES string of the molecule is CN=C(NCCc1ccccc1C)NC1CCN(c2ncccc2Cl)C1.I. The molecule has 1 fully saturated rings. The molecular weight excluding hydrogens is 473 g/mol. The Kier molecular flexibility index (Phi) is 8.63. The van der Waals surface area contributed by atoms with Crippen molar-refractivity contribution in [1.82, 2.24) is 15.6 Å². The van der Waals surface area contributed by atoms with Crippen molar-refractivity contribution in [3.8, 4) is 0 Å². The summed E-state index contributed by atoms with van der Waals surface area (Å²) in [6.07, 6.45) is 3.80. The highest BCUT2D eigenvalue weighted by Crippen LogP contribution is 2.25. The third kappa shape index (κ3) is 5.97. The lowest BCUT2D eigenvalue weighted by Gasteiger charge is -2.20. The molecule has 1 aliphatic rings. The maximum absolute atomic E-state index is 6.26. The van der Waals surface area contributed by atoms with Crippen LogP contribution in [-0.2, 0) is 6.42 Å². The molecule has 2 N–H and O–H groups in total. The molecule has 2 aromatic rings. The van der Waals surface area contributed by atoms with Gasteiger partial charge in [0, 0.05) is 38.9 Å². The van der Waals surface area contributed by atoms with Gasteiger partial charge in [0.1, 0.15) is 5.82 Å². The zero-order chi connectivity index (χ0) is 18.4. The smallest absolute Gasteiger partial charge is 0.191 e. The third-order valence-corrected chi connectivity index (χ3v) is 5.03. The lowest BCUT2D eigenvalue weighted by molar-refractivity contribution is 0.648. The van der Waals surface area contributed by atoms with Crippen molar-refractivity contribution in [3.63, 3.8) is 0 Å². The van der Waals surface area contributed by atoms with Gasteiger partial charge < -0.3 is 15.5 Å². The van der Waals surface area contributed by atoms with Crippen LogP contribution >= 0.6 is 35.6 Å². The molecule has 1 atom stereocenters. The first-order valence-electron chi connectivity index (χ1n) is 9.04. The molecule has 0 aliphatic carbocycles. The van der Waals surface area contributed by atoms with Gasteiger partial charge in [-0.15, -0.1) is 24.0 Å². The molecule has 5 nitrogen and oxygen atoms in total. The summed E-state index contributed by atoms with van der Waals surface area (Å²) in [6.45, 7) is 4.81. The van der Waals surface area contributed by atoms with Crippen LogP contribution < -0.4 is 15.5 Å². The molecule has 0 amide bonds. The van der Waals surface area contributed by atoms with E-state index in [0.717, 1.165) is 44.3 Å². The normalized spacial score (nSPS) is 16.8. The van der Waals surface area contributed by atoms with Gasteiger partial charge in [-0.05, 0) is 43.0 Å². The Morgan fingerprint density at radius 3 is 2.85 bits per heavy atom. The molecular formula is C20H27ClIN5. The van der Waals surface area contributed by atoms with E-state index >= 15 is 0 Å². The maximum atomic E-state index is 6.26. The number of benzene rings is 1. The number of aromatic nitrogens is 1. The molecule has 2 heterocycles. The fourth-order valence-electron chi connectivity index (χ4n) is 3.27. The van der Waals surface area contributed by atoms with E-state index < -0.39 is 0 Å². The fraction of sp³-hybridized carbons (Fsp3) is 0.400. The highest BCUT2D eigenvalue weighted by molar-refractivity contribution is 14.0. The second-order valence-corrected chi connectivity index (χ2v) is 6.97. The van der Waals surface area contributed by atoms with Gasteiger partial charge >= 0.3 is 0 Å². The minimum absolute atomic E-state index is 0. The molecule has 0 spiro atoms. The fourth-order valence-corrected chi connectivity index (χ4v) is 3.52. The first-order chi connectivity index (χ1) is 12.7. The van der Waals surface area contributed by atoms with Gasteiger partial charge in [0.2, 0.25) is 0 Å². The summed E-state index contributed by atoms with van der Waals surface area (Å²) in [6, 6.07) is 12.6. The Labute approximate surface area is 183 Å². The summed E-state index contributed by atoms with van der Waals surface area (Å²) in [5.74, 6) is 1.71. The largest absolute Gasteiger partial charge is 0.356 e. The van der Waals surface area contributed by atoms with Gasteiger partial charge in [-0.2, -0.15) is 0 Å². The molecule has 1 unspecified atom stereocenters. The van der Waals surface area contributed by atoms with Gasteiger partial charge in [0.05, 0.1) is 5.02 Å². The van der Waals surface area contributed by atoms with Crippen molar-refractivity contribution in [2.75, 3.05) is 31.6 Å². The number of rotatable bonds is 5. The Bertz CT molecular complexity index is 768. The maximum Gasteiger partial charge on any atom is 0.191 e. The van der Waals surface area contributed by atoms with Crippen LogP contribution in [0.4, 0.5) is 5.82 Å². The molecule has 3 rings (SSSR count). The van der Waals surface area contributed by atoms with Crippen molar-refractivity contribution in [1.29, 1.82) is 0 Å². The average Bonchev–Trinajstić information content (AvgIpc) is 3.11. The molecule has 0 radical (unpaired) electrons. The lowest BCUT2D eigenvalue weighted by Crippen LogP contribution is -2.45. The first kappa shape index (κ1) is 21.8. The van der Waals surface area contributed by atoms with Crippen LogP contribution in [0.2, 0.25) is 5.02 Å². The third-order valence-electron chi connectivity index (χ3n) is 4.74. The molecule has 1 saturated heterocycles. The van der Waals surface area contributed by atoms with Gasteiger partial charge in [-0.25, -0.2) is 4.98 Å². The first-order valence-corrected chi connectivity index (χ1v) is 9.42. The lowest BCUT2D eigenvalue weighted by atomic mass is 10.1. The van der Waals surface area contributed by atoms with E-state index in [1.54, 1.807) is 6.20 Å². The van der Waals surface area contributed by atoms with Crippen LogP contribution in [-0.4, -0.2) is 43.7 Å². The van der Waals surface area contributed by atoms with Crippen molar-refractivity contribution in [2.45, 2.75) is 25.8 Å². The summed E-state index contributed by atoms with van der Waals surface area (Å²) in [5.41, 5.74) is 2.70. The number of aryl methyl sites for hydroxylation is 1. The molecule has 1 aromatic carbocycles. The van der Waals surface area contributed by atoms with E-state index in [2.05, 4.69) is 56.7 Å². The summed E-state index contributed by atoms with van der Waals surface area (Å²) in [7, 11) is 1.81. The predicted molar refractivity (Wildman–Crippen MR) is 125 cm³/mol. The number of halogens is 2. The van der Waals surface area contributed by atoms with E-state index in [1.165, 1.54) is 11.1 Å². The average molecular weight is 500 g/mol. The van der Waals surface area contributed by atoms with Crippen LogP contribution in [0.5, 0.6) is 0 Å². The van der Waals surface area contributed by atoms with Crippen molar-refractivity contribution < 1.29 is 0 Å². The van der Waals surface area contributed by atoms with E-state index in [9.17, 15) is 0 Å². The van der Waals surface area contributed by atoms with Crippen molar-refractivity contribution in [3.05, 3.63) is 58.7 Å². The Morgan fingerprint density at radius 1 is 1.30 bits per heavy atom. The van der Waals surface area contributed by atoms with Crippen LogP contribution in [0.3, 0.4) is 0 Å². The molecule has 1 aromatic heterocycles. The summed E-state index contributed by atoms with van der Waals surface area (Å²) >= 11 is 6.26. The second-order valence-electron chi connectivity index (χ2n) is 6.56. The Hall–Kier alpha value is -1.54. The number of pyridine rings is 1. The van der Waals surface area contributed by atoms with Crippen LogP contribution in [0.1, 0.15) is 17.5 Å².